The number of nitrogens with one attached hydrogen (secondary N) is 1. The molecule has 0 radical (unpaired) electrons. The Balaban J connectivity index is 1.54. The summed E-state index contributed by atoms with van der Waals surface area (Å²) in [5, 5.41) is 20.1. The minimum atomic E-state index is 0.554. The average molecular weight is 270 g/mol. The smallest absolute Gasteiger partial charge is 0.102 e. The molecule has 1 aliphatic rings. The minimum absolute atomic E-state index is 0.554. The van der Waals surface area contributed by atoms with Crippen LogP contribution in [0.5, 0.6) is 0 Å². The lowest BCUT2D eigenvalue weighted by Gasteiger charge is -2.32. The molecule has 1 saturated heterocycles. The van der Waals surface area contributed by atoms with E-state index in [0.29, 0.717) is 11.5 Å². The number of aromatic nitrogens is 4. The number of rotatable bonds is 4. The van der Waals surface area contributed by atoms with E-state index < -0.39 is 0 Å². The largest absolute Gasteiger partial charge is 0.301 e. The van der Waals surface area contributed by atoms with Gasteiger partial charge in [-0.1, -0.05) is 0 Å². The summed E-state index contributed by atoms with van der Waals surface area (Å²) in [6.07, 6.45) is 7.67. The lowest BCUT2D eigenvalue weighted by Crippen LogP contribution is -2.36. The summed E-state index contributed by atoms with van der Waals surface area (Å²) >= 11 is 0. The predicted octanol–water partition coefficient (Wildman–Crippen LogP) is 1.36. The highest BCUT2D eigenvalue weighted by atomic mass is 15.3. The van der Waals surface area contributed by atoms with E-state index in [0.717, 1.165) is 26.2 Å². The van der Waals surface area contributed by atoms with Crippen LogP contribution in [-0.2, 0) is 6.54 Å². The van der Waals surface area contributed by atoms with Crippen molar-refractivity contribution < 1.29 is 0 Å². The van der Waals surface area contributed by atoms with Crippen molar-refractivity contribution in [1.82, 2.24) is 24.9 Å². The standard InChI is InChI=1S/C14H18N6/c15-8-12-9-17-20(10-12)7-6-19-5-1-2-13(11-19)14-3-4-16-18-14/h3-4,9-10,13H,1-2,5-7,11H2,(H,16,18)/t13-/m0/s1. The van der Waals surface area contributed by atoms with Crippen LogP contribution in [0.1, 0.15) is 30.0 Å². The highest BCUT2D eigenvalue weighted by Gasteiger charge is 2.21. The highest BCUT2D eigenvalue weighted by Crippen LogP contribution is 2.24. The predicted molar refractivity (Wildman–Crippen MR) is 73.9 cm³/mol. The molecule has 0 unspecified atom stereocenters. The number of piperidine rings is 1. The molecule has 1 fully saturated rings. The Morgan fingerprint density at radius 3 is 3.15 bits per heavy atom. The van der Waals surface area contributed by atoms with E-state index >= 15 is 0 Å². The number of hydrogen-bond donors (Lipinski definition) is 1. The molecule has 0 saturated carbocycles. The molecule has 1 atom stereocenters. The molecular formula is C14H18N6. The lowest BCUT2D eigenvalue weighted by molar-refractivity contribution is 0.197. The Morgan fingerprint density at radius 1 is 1.45 bits per heavy atom. The van der Waals surface area contributed by atoms with Crippen molar-refractivity contribution in [3.05, 3.63) is 35.9 Å². The molecule has 6 nitrogen and oxygen atoms in total. The first-order valence-corrected chi connectivity index (χ1v) is 6.99. The quantitative estimate of drug-likeness (QED) is 0.910. The maximum atomic E-state index is 8.79. The van der Waals surface area contributed by atoms with Gasteiger partial charge in [-0.2, -0.15) is 15.5 Å². The van der Waals surface area contributed by atoms with Gasteiger partial charge in [0.2, 0.25) is 0 Å². The van der Waals surface area contributed by atoms with Crippen LogP contribution in [0.15, 0.2) is 24.7 Å². The Bertz CT molecular complexity index is 579. The summed E-state index contributed by atoms with van der Waals surface area (Å²) in [5.74, 6) is 0.554. The van der Waals surface area contributed by atoms with Gasteiger partial charge in [-0.05, 0) is 25.5 Å². The molecule has 2 aromatic heterocycles. The third kappa shape index (κ3) is 2.89. The third-order valence-corrected chi connectivity index (χ3v) is 3.88. The van der Waals surface area contributed by atoms with Crippen LogP contribution in [0.2, 0.25) is 0 Å². The number of H-pyrrole nitrogens is 1. The maximum Gasteiger partial charge on any atom is 0.102 e. The van der Waals surface area contributed by atoms with Crippen LogP contribution in [0, 0.1) is 11.3 Å². The minimum Gasteiger partial charge on any atom is -0.301 e. The summed E-state index contributed by atoms with van der Waals surface area (Å²) in [7, 11) is 0. The van der Waals surface area contributed by atoms with Gasteiger partial charge in [-0.3, -0.25) is 9.78 Å². The molecule has 6 heteroatoms. The van der Waals surface area contributed by atoms with Crippen molar-refractivity contribution in [2.24, 2.45) is 0 Å². The molecule has 2 aromatic rings. The first-order chi connectivity index (χ1) is 9.85. The van der Waals surface area contributed by atoms with E-state index in [2.05, 4.69) is 32.3 Å². The van der Waals surface area contributed by atoms with Crippen LogP contribution in [0.4, 0.5) is 0 Å². The van der Waals surface area contributed by atoms with Gasteiger partial charge in [-0.25, -0.2) is 0 Å². The van der Waals surface area contributed by atoms with Crippen LogP contribution in [-0.4, -0.2) is 44.5 Å². The second kappa shape index (κ2) is 5.88. The number of hydrogen-bond acceptors (Lipinski definition) is 4. The van der Waals surface area contributed by atoms with E-state index in [1.807, 2.05) is 10.9 Å². The summed E-state index contributed by atoms with van der Waals surface area (Å²) in [6, 6.07) is 4.17. The van der Waals surface area contributed by atoms with E-state index in [9.17, 15) is 0 Å². The van der Waals surface area contributed by atoms with Gasteiger partial charge < -0.3 is 4.90 Å². The zero-order valence-corrected chi connectivity index (χ0v) is 11.4. The summed E-state index contributed by atoms with van der Waals surface area (Å²) in [4.78, 5) is 2.46. The van der Waals surface area contributed by atoms with Gasteiger partial charge in [-0.15, -0.1) is 0 Å². The van der Waals surface area contributed by atoms with Crippen LogP contribution >= 0.6 is 0 Å². The van der Waals surface area contributed by atoms with Crippen molar-refractivity contribution in [1.29, 1.82) is 5.26 Å². The van der Waals surface area contributed by atoms with Crippen LogP contribution in [0.25, 0.3) is 0 Å². The monoisotopic (exact) mass is 270 g/mol. The van der Waals surface area contributed by atoms with Crippen LogP contribution < -0.4 is 0 Å². The highest BCUT2D eigenvalue weighted by molar-refractivity contribution is 5.21. The molecular weight excluding hydrogens is 252 g/mol. The molecule has 3 heterocycles. The van der Waals surface area contributed by atoms with Gasteiger partial charge >= 0.3 is 0 Å². The topological polar surface area (TPSA) is 73.5 Å². The Labute approximate surface area is 118 Å². The Hall–Kier alpha value is -2.13. The summed E-state index contributed by atoms with van der Waals surface area (Å²) in [5.41, 5.74) is 1.86. The number of nitriles is 1. The zero-order chi connectivity index (χ0) is 13.8. The van der Waals surface area contributed by atoms with Gasteiger partial charge in [0, 0.05) is 37.1 Å². The maximum absolute atomic E-state index is 8.79. The fourth-order valence-corrected chi connectivity index (χ4v) is 2.79. The average Bonchev–Trinajstić information content (AvgIpc) is 3.17. The van der Waals surface area contributed by atoms with Crippen molar-refractivity contribution in [2.45, 2.75) is 25.3 Å². The molecule has 104 valence electrons. The van der Waals surface area contributed by atoms with Gasteiger partial charge in [0.1, 0.15) is 6.07 Å². The van der Waals surface area contributed by atoms with Gasteiger partial charge in [0.15, 0.2) is 0 Å². The van der Waals surface area contributed by atoms with E-state index in [-0.39, 0.29) is 0 Å². The Morgan fingerprint density at radius 2 is 2.40 bits per heavy atom. The third-order valence-electron chi connectivity index (χ3n) is 3.88. The first kappa shape index (κ1) is 12.9. The van der Waals surface area contributed by atoms with Crippen molar-refractivity contribution in [3.63, 3.8) is 0 Å². The Kier molecular flexibility index (Phi) is 3.79. The van der Waals surface area contributed by atoms with Crippen LogP contribution in [0.3, 0.4) is 0 Å². The van der Waals surface area contributed by atoms with E-state index in [1.165, 1.54) is 18.5 Å². The zero-order valence-electron chi connectivity index (χ0n) is 11.4. The second-order valence-corrected chi connectivity index (χ2v) is 5.26. The number of nitrogens with zero attached hydrogens (tertiary/aromatic N) is 5. The molecule has 3 rings (SSSR count). The van der Waals surface area contributed by atoms with E-state index in [4.69, 9.17) is 5.26 Å². The molecule has 0 aromatic carbocycles. The molecule has 0 aliphatic carbocycles. The molecule has 0 bridgehead atoms. The first-order valence-electron chi connectivity index (χ1n) is 6.99. The summed E-state index contributed by atoms with van der Waals surface area (Å²) in [6.45, 7) is 4.00. The molecule has 0 spiro atoms. The molecule has 1 N–H and O–H groups in total. The van der Waals surface area contributed by atoms with Gasteiger partial charge in [0.05, 0.1) is 18.3 Å². The number of likely N-dealkylation sites (tertiary alicyclic amines) is 1. The molecule has 0 amide bonds. The normalized spacial score (nSPS) is 19.9. The summed E-state index contributed by atoms with van der Waals surface area (Å²) < 4.78 is 1.85. The van der Waals surface area contributed by atoms with Gasteiger partial charge in [0.25, 0.3) is 0 Å². The second-order valence-electron chi connectivity index (χ2n) is 5.26. The van der Waals surface area contributed by atoms with E-state index in [1.54, 1.807) is 12.4 Å². The van der Waals surface area contributed by atoms with Crippen molar-refractivity contribution in [2.75, 3.05) is 19.6 Å². The number of aromatic amines is 1. The van der Waals surface area contributed by atoms with Crippen molar-refractivity contribution >= 4 is 0 Å². The van der Waals surface area contributed by atoms with Crippen molar-refractivity contribution in [3.8, 4) is 6.07 Å². The fourth-order valence-electron chi connectivity index (χ4n) is 2.79. The SMILES string of the molecule is N#Cc1cnn(CCN2CCC[C@H](c3ccn[nH]3)C2)c1. The molecule has 1 aliphatic heterocycles. The molecule has 20 heavy (non-hydrogen) atoms. The fraction of sp³-hybridized carbons (Fsp3) is 0.500. The lowest BCUT2D eigenvalue weighted by atomic mass is 9.95.